The number of fused-ring (bicyclic) bond motifs is 1. The van der Waals surface area contributed by atoms with Gasteiger partial charge in [0.25, 0.3) is 0 Å². The molecule has 1 unspecified atom stereocenters. The zero-order valence-corrected chi connectivity index (χ0v) is 16.9. The number of rotatable bonds is 4. The summed E-state index contributed by atoms with van der Waals surface area (Å²) < 4.78 is 1.66. The van der Waals surface area contributed by atoms with E-state index in [2.05, 4.69) is 25.5 Å². The van der Waals surface area contributed by atoms with E-state index in [-0.39, 0.29) is 17.9 Å². The van der Waals surface area contributed by atoms with Gasteiger partial charge in [-0.15, -0.1) is 15.3 Å². The molecule has 0 radical (unpaired) electrons. The van der Waals surface area contributed by atoms with Gasteiger partial charge in [0.15, 0.2) is 5.65 Å². The number of amides is 1. The second kappa shape index (κ2) is 7.93. The van der Waals surface area contributed by atoms with Gasteiger partial charge >= 0.3 is 0 Å². The van der Waals surface area contributed by atoms with E-state index in [0.717, 1.165) is 37.3 Å². The summed E-state index contributed by atoms with van der Waals surface area (Å²) in [7, 11) is 0. The maximum absolute atomic E-state index is 12.7. The number of piperidine rings is 1. The fourth-order valence-electron chi connectivity index (χ4n) is 3.45. The molecule has 4 rings (SSSR count). The third-order valence-electron chi connectivity index (χ3n) is 5.14. The summed E-state index contributed by atoms with van der Waals surface area (Å²) in [4.78, 5) is 14.9. The van der Waals surface area contributed by atoms with Crippen molar-refractivity contribution in [2.24, 2.45) is 5.92 Å². The summed E-state index contributed by atoms with van der Waals surface area (Å²) in [5.41, 5.74) is 1.65. The molecule has 2 aromatic heterocycles. The fourth-order valence-corrected chi connectivity index (χ4v) is 3.76. The number of anilines is 1. The third kappa shape index (κ3) is 3.91. The van der Waals surface area contributed by atoms with Crippen LogP contribution in [0, 0.1) is 5.92 Å². The number of aromatic nitrogens is 4. The minimum absolute atomic E-state index is 0.0138. The molecule has 3 aromatic rings. The van der Waals surface area contributed by atoms with Crippen LogP contribution in [0.4, 0.5) is 5.82 Å². The lowest BCUT2D eigenvalue weighted by Gasteiger charge is -2.32. The van der Waals surface area contributed by atoms with Gasteiger partial charge < -0.3 is 10.2 Å². The Bertz CT molecular complexity index is 999. The number of hydrogen-bond donors (Lipinski definition) is 1. The highest BCUT2D eigenvalue weighted by atomic mass is 35.5. The van der Waals surface area contributed by atoms with Crippen molar-refractivity contribution in [1.82, 2.24) is 25.1 Å². The lowest BCUT2D eigenvalue weighted by molar-refractivity contribution is -0.126. The molecule has 1 saturated heterocycles. The van der Waals surface area contributed by atoms with Crippen LogP contribution < -0.4 is 10.2 Å². The second-order valence-electron chi connectivity index (χ2n) is 6.99. The quantitative estimate of drug-likeness (QED) is 0.701. The molecule has 146 valence electrons. The molecule has 7 nitrogen and oxygen atoms in total. The number of benzene rings is 1. The standard InChI is InChI=1S/C19H20Cl2N6O/c1-12(14-2-3-15(20)16(21)10-14)23-19(28)13-6-8-26(9-7-13)18-5-4-17-24-22-11-27(17)25-18/h2-5,10-13H,6-9H2,1H3,(H,23,28). The average molecular weight is 419 g/mol. The smallest absolute Gasteiger partial charge is 0.223 e. The minimum atomic E-state index is -0.127. The maximum Gasteiger partial charge on any atom is 0.223 e. The number of halogens is 2. The van der Waals surface area contributed by atoms with Crippen LogP contribution in [-0.4, -0.2) is 38.8 Å². The Morgan fingerprint density at radius 3 is 2.71 bits per heavy atom. The van der Waals surface area contributed by atoms with Gasteiger partial charge in [0, 0.05) is 19.0 Å². The normalized spacial score (nSPS) is 16.3. The van der Waals surface area contributed by atoms with E-state index in [1.807, 2.05) is 25.1 Å². The number of carbonyl (C=O) groups is 1. The third-order valence-corrected chi connectivity index (χ3v) is 5.88. The first-order chi connectivity index (χ1) is 13.5. The lowest BCUT2D eigenvalue weighted by Crippen LogP contribution is -2.41. The lowest BCUT2D eigenvalue weighted by atomic mass is 9.95. The van der Waals surface area contributed by atoms with Crippen molar-refractivity contribution < 1.29 is 4.79 Å². The summed E-state index contributed by atoms with van der Waals surface area (Å²) >= 11 is 12.0. The van der Waals surface area contributed by atoms with Gasteiger partial charge in [-0.2, -0.15) is 4.52 Å². The fraction of sp³-hybridized carbons (Fsp3) is 0.368. The largest absolute Gasteiger partial charge is 0.355 e. The molecular formula is C19H20Cl2N6O. The van der Waals surface area contributed by atoms with Gasteiger partial charge in [-0.25, -0.2) is 0 Å². The van der Waals surface area contributed by atoms with Gasteiger partial charge in [-0.05, 0) is 49.6 Å². The molecule has 1 aliphatic rings. The van der Waals surface area contributed by atoms with Crippen molar-refractivity contribution in [3.8, 4) is 0 Å². The van der Waals surface area contributed by atoms with Crippen LogP contribution in [0.1, 0.15) is 31.4 Å². The van der Waals surface area contributed by atoms with Crippen LogP contribution in [-0.2, 0) is 4.79 Å². The molecule has 0 aliphatic carbocycles. The molecular weight excluding hydrogens is 399 g/mol. The first kappa shape index (κ1) is 19.0. The molecule has 1 atom stereocenters. The Kier molecular flexibility index (Phi) is 5.37. The Hall–Kier alpha value is -2.38. The molecule has 1 aliphatic heterocycles. The molecule has 1 N–H and O–H groups in total. The van der Waals surface area contributed by atoms with Crippen LogP contribution in [0.2, 0.25) is 10.0 Å². The summed E-state index contributed by atoms with van der Waals surface area (Å²) in [6.45, 7) is 3.50. The monoisotopic (exact) mass is 418 g/mol. The van der Waals surface area contributed by atoms with Crippen molar-refractivity contribution in [1.29, 1.82) is 0 Å². The Morgan fingerprint density at radius 2 is 1.96 bits per heavy atom. The molecule has 0 saturated carbocycles. The predicted molar refractivity (Wildman–Crippen MR) is 109 cm³/mol. The van der Waals surface area contributed by atoms with Crippen molar-refractivity contribution >= 4 is 40.6 Å². The highest BCUT2D eigenvalue weighted by Crippen LogP contribution is 2.27. The Labute approximate surface area is 172 Å². The Balaban J connectivity index is 1.35. The van der Waals surface area contributed by atoms with Gasteiger partial charge in [0.1, 0.15) is 12.1 Å². The van der Waals surface area contributed by atoms with Crippen molar-refractivity contribution in [2.45, 2.75) is 25.8 Å². The molecule has 1 fully saturated rings. The summed E-state index contributed by atoms with van der Waals surface area (Å²) in [6, 6.07) is 9.14. The van der Waals surface area contributed by atoms with Gasteiger partial charge in [0.2, 0.25) is 5.91 Å². The van der Waals surface area contributed by atoms with E-state index in [0.29, 0.717) is 15.7 Å². The van der Waals surface area contributed by atoms with E-state index in [4.69, 9.17) is 23.2 Å². The number of nitrogens with one attached hydrogen (secondary N) is 1. The minimum Gasteiger partial charge on any atom is -0.355 e. The highest BCUT2D eigenvalue weighted by Gasteiger charge is 2.27. The number of hydrogen-bond acceptors (Lipinski definition) is 5. The average Bonchev–Trinajstić information content (AvgIpc) is 3.18. The zero-order chi connectivity index (χ0) is 19.7. The molecule has 3 heterocycles. The van der Waals surface area contributed by atoms with Crippen LogP contribution >= 0.6 is 23.2 Å². The first-order valence-corrected chi connectivity index (χ1v) is 9.94. The van der Waals surface area contributed by atoms with Crippen LogP contribution in [0.3, 0.4) is 0 Å². The summed E-state index contributed by atoms with van der Waals surface area (Å²) in [6.07, 6.45) is 3.15. The van der Waals surface area contributed by atoms with Crippen molar-refractivity contribution in [3.63, 3.8) is 0 Å². The molecule has 1 aromatic carbocycles. The summed E-state index contributed by atoms with van der Waals surface area (Å²) in [5, 5.41) is 16.4. The molecule has 9 heteroatoms. The van der Waals surface area contributed by atoms with Crippen molar-refractivity contribution in [2.75, 3.05) is 18.0 Å². The van der Waals surface area contributed by atoms with Gasteiger partial charge in [0.05, 0.1) is 16.1 Å². The topological polar surface area (TPSA) is 75.4 Å². The number of nitrogens with zero attached hydrogens (tertiary/aromatic N) is 5. The first-order valence-electron chi connectivity index (χ1n) is 9.18. The number of carbonyl (C=O) groups excluding carboxylic acids is 1. The van der Waals surface area contributed by atoms with Crippen LogP contribution in [0.25, 0.3) is 5.65 Å². The van der Waals surface area contributed by atoms with Crippen LogP contribution in [0.15, 0.2) is 36.7 Å². The van der Waals surface area contributed by atoms with Gasteiger partial charge in [-0.1, -0.05) is 29.3 Å². The van der Waals surface area contributed by atoms with Gasteiger partial charge in [-0.3, -0.25) is 4.79 Å². The van der Waals surface area contributed by atoms with E-state index in [9.17, 15) is 4.79 Å². The van der Waals surface area contributed by atoms with E-state index >= 15 is 0 Å². The molecule has 0 spiro atoms. The maximum atomic E-state index is 12.7. The van der Waals surface area contributed by atoms with Crippen molar-refractivity contribution in [3.05, 3.63) is 52.3 Å². The second-order valence-corrected chi connectivity index (χ2v) is 7.80. The summed E-state index contributed by atoms with van der Waals surface area (Å²) in [5.74, 6) is 0.927. The van der Waals surface area contributed by atoms with E-state index in [1.54, 1.807) is 23.0 Å². The van der Waals surface area contributed by atoms with E-state index < -0.39 is 0 Å². The highest BCUT2D eigenvalue weighted by molar-refractivity contribution is 6.42. The SMILES string of the molecule is CC(NC(=O)C1CCN(c2ccc3nncn3n2)CC1)c1ccc(Cl)c(Cl)c1. The molecule has 0 bridgehead atoms. The molecule has 28 heavy (non-hydrogen) atoms. The molecule has 1 amide bonds. The zero-order valence-electron chi connectivity index (χ0n) is 15.3. The van der Waals surface area contributed by atoms with E-state index in [1.165, 1.54) is 0 Å². The Morgan fingerprint density at radius 1 is 1.18 bits per heavy atom. The van der Waals surface area contributed by atoms with Crippen LogP contribution in [0.5, 0.6) is 0 Å². The predicted octanol–water partition coefficient (Wildman–Crippen LogP) is 3.52.